The second-order valence-corrected chi connectivity index (χ2v) is 7.21. The Morgan fingerprint density at radius 2 is 2.00 bits per heavy atom. The predicted octanol–water partition coefficient (Wildman–Crippen LogP) is 2.76. The standard InChI is InChI=1S/C12H14ClF3N2O2S.ClH/c1-18(9-4-5-17-7-9)21(19,20)11-3-2-8(13)6-10(11)12(14,15)16;/h2-3,6,9,17H,4-5,7H2,1H3;1H. The second-order valence-electron chi connectivity index (χ2n) is 4.81. The van der Waals surface area contributed by atoms with Crippen molar-refractivity contribution in [2.75, 3.05) is 20.1 Å². The average molecular weight is 379 g/mol. The molecule has 1 aliphatic heterocycles. The van der Waals surface area contributed by atoms with Gasteiger partial charge in [-0.05, 0) is 31.2 Å². The van der Waals surface area contributed by atoms with Crippen LogP contribution in [0.1, 0.15) is 12.0 Å². The van der Waals surface area contributed by atoms with Gasteiger partial charge in [-0.3, -0.25) is 0 Å². The molecule has 1 atom stereocenters. The summed E-state index contributed by atoms with van der Waals surface area (Å²) in [7, 11) is -2.94. The number of likely N-dealkylation sites (N-methyl/N-ethyl adjacent to an activating group) is 1. The van der Waals surface area contributed by atoms with Crippen molar-refractivity contribution >= 4 is 34.0 Å². The van der Waals surface area contributed by atoms with Crippen molar-refractivity contribution in [3.8, 4) is 0 Å². The lowest BCUT2D eigenvalue weighted by atomic mass is 10.2. The number of alkyl halides is 3. The first kappa shape index (κ1) is 19.5. The first-order valence-corrected chi connectivity index (χ1v) is 8.01. The molecule has 0 radical (unpaired) electrons. The molecule has 0 aromatic heterocycles. The van der Waals surface area contributed by atoms with Crippen molar-refractivity contribution in [3.63, 3.8) is 0 Å². The molecule has 1 N–H and O–H groups in total. The molecular formula is C12H15Cl2F3N2O2S. The molecule has 0 aliphatic carbocycles. The van der Waals surface area contributed by atoms with Gasteiger partial charge in [0.1, 0.15) is 0 Å². The van der Waals surface area contributed by atoms with E-state index < -0.39 is 26.7 Å². The zero-order valence-electron chi connectivity index (χ0n) is 11.5. The molecule has 1 aromatic carbocycles. The number of nitrogens with one attached hydrogen (secondary N) is 1. The SMILES string of the molecule is CN(C1CCNC1)S(=O)(=O)c1ccc(Cl)cc1C(F)(F)F.Cl. The lowest BCUT2D eigenvalue weighted by Crippen LogP contribution is -2.39. The van der Waals surface area contributed by atoms with Gasteiger partial charge in [0.05, 0.1) is 10.5 Å². The Bertz CT molecular complexity index is 632. The van der Waals surface area contributed by atoms with Crippen LogP contribution in [0.4, 0.5) is 13.2 Å². The van der Waals surface area contributed by atoms with Gasteiger partial charge in [-0.2, -0.15) is 17.5 Å². The summed E-state index contributed by atoms with van der Waals surface area (Å²) in [5.74, 6) is 0. The van der Waals surface area contributed by atoms with Gasteiger partial charge in [0.2, 0.25) is 10.0 Å². The van der Waals surface area contributed by atoms with Crippen LogP contribution in [0.2, 0.25) is 5.02 Å². The number of halogens is 5. The Morgan fingerprint density at radius 3 is 2.50 bits per heavy atom. The second kappa shape index (κ2) is 6.92. The number of rotatable bonds is 3. The van der Waals surface area contributed by atoms with Crippen molar-refractivity contribution in [3.05, 3.63) is 28.8 Å². The van der Waals surface area contributed by atoms with Crippen LogP contribution in [0, 0.1) is 0 Å². The molecule has 1 saturated heterocycles. The van der Waals surface area contributed by atoms with Gasteiger partial charge in [-0.1, -0.05) is 11.6 Å². The molecule has 1 unspecified atom stereocenters. The zero-order chi connectivity index (χ0) is 15.8. The summed E-state index contributed by atoms with van der Waals surface area (Å²) in [6.45, 7) is 1.06. The lowest BCUT2D eigenvalue weighted by Gasteiger charge is -2.25. The molecule has 2 rings (SSSR count). The molecule has 0 bridgehead atoms. The van der Waals surface area contributed by atoms with Crippen LogP contribution in [0.5, 0.6) is 0 Å². The minimum absolute atomic E-state index is 0. The summed E-state index contributed by atoms with van der Waals surface area (Å²) < 4.78 is 65.0. The van der Waals surface area contributed by atoms with Crippen LogP contribution in [-0.2, 0) is 16.2 Å². The van der Waals surface area contributed by atoms with Crippen LogP contribution in [-0.4, -0.2) is 38.9 Å². The maximum Gasteiger partial charge on any atom is 0.417 e. The molecule has 126 valence electrons. The molecular weight excluding hydrogens is 364 g/mol. The summed E-state index contributed by atoms with van der Waals surface area (Å²) in [6, 6.07) is 2.32. The van der Waals surface area contributed by atoms with Crippen LogP contribution in [0.15, 0.2) is 23.1 Å². The Labute approximate surface area is 138 Å². The van der Waals surface area contributed by atoms with E-state index >= 15 is 0 Å². The van der Waals surface area contributed by atoms with Gasteiger partial charge >= 0.3 is 6.18 Å². The summed E-state index contributed by atoms with van der Waals surface area (Å²) in [5.41, 5.74) is -1.24. The smallest absolute Gasteiger partial charge is 0.315 e. The summed E-state index contributed by atoms with van der Waals surface area (Å²) in [6.07, 6.45) is -4.23. The molecule has 0 amide bonds. The number of sulfonamides is 1. The topological polar surface area (TPSA) is 49.4 Å². The van der Waals surface area contributed by atoms with Crippen molar-refractivity contribution in [2.24, 2.45) is 0 Å². The third-order valence-corrected chi connectivity index (χ3v) is 5.66. The number of nitrogens with zero attached hydrogens (tertiary/aromatic N) is 1. The van der Waals surface area contributed by atoms with Gasteiger partial charge in [-0.25, -0.2) is 8.42 Å². The van der Waals surface area contributed by atoms with Crippen molar-refractivity contribution in [1.29, 1.82) is 0 Å². The Morgan fingerprint density at radius 1 is 1.36 bits per heavy atom. The molecule has 1 heterocycles. The van der Waals surface area contributed by atoms with Crippen molar-refractivity contribution < 1.29 is 21.6 Å². The van der Waals surface area contributed by atoms with Crippen LogP contribution in [0.3, 0.4) is 0 Å². The average Bonchev–Trinajstić information content (AvgIpc) is 2.90. The molecule has 4 nitrogen and oxygen atoms in total. The van der Waals surface area contributed by atoms with Gasteiger partial charge in [0, 0.05) is 24.7 Å². The van der Waals surface area contributed by atoms with Crippen molar-refractivity contribution in [2.45, 2.75) is 23.5 Å². The maximum absolute atomic E-state index is 13.0. The van der Waals surface area contributed by atoms with Gasteiger partial charge in [-0.15, -0.1) is 12.4 Å². The van der Waals surface area contributed by atoms with E-state index in [0.717, 1.165) is 16.4 Å². The fourth-order valence-electron chi connectivity index (χ4n) is 2.25. The molecule has 22 heavy (non-hydrogen) atoms. The molecule has 1 aliphatic rings. The molecule has 0 saturated carbocycles. The fraction of sp³-hybridized carbons (Fsp3) is 0.500. The Hall–Kier alpha value is -0.540. The van der Waals surface area contributed by atoms with Crippen molar-refractivity contribution in [1.82, 2.24) is 9.62 Å². The number of hydrogen-bond acceptors (Lipinski definition) is 3. The summed E-state index contributed by atoms with van der Waals surface area (Å²) in [4.78, 5) is -0.770. The fourth-order valence-corrected chi connectivity index (χ4v) is 4.00. The van der Waals surface area contributed by atoms with E-state index in [1.807, 2.05) is 0 Å². The minimum Gasteiger partial charge on any atom is -0.315 e. The van der Waals surface area contributed by atoms with Gasteiger partial charge < -0.3 is 5.32 Å². The number of hydrogen-bond donors (Lipinski definition) is 1. The van der Waals surface area contributed by atoms with E-state index in [9.17, 15) is 21.6 Å². The minimum atomic E-state index is -4.79. The summed E-state index contributed by atoms with van der Waals surface area (Å²) in [5, 5.41) is 2.82. The monoisotopic (exact) mass is 378 g/mol. The van der Waals surface area contributed by atoms with Gasteiger partial charge in [0.15, 0.2) is 0 Å². The van der Waals surface area contributed by atoms with E-state index in [1.54, 1.807) is 0 Å². The quantitative estimate of drug-likeness (QED) is 0.879. The highest BCUT2D eigenvalue weighted by Crippen LogP contribution is 2.37. The Kier molecular flexibility index (Phi) is 6.14. The van der Waals surface area contributed by atoms with Crippen LogP contribution < -0.4 is 5.32 Å². The molecule has 10 heteroatoms. The zero-order valence-corrected chi connectivity index (χ0v) is 13.9. The maximum atomic E-state index is 13.0. The third-order valence-electron chi connectivity index (χ3n) is 3.45. The third kappa shape index (κ3) is 3.86. The number of benzene rings is 1. The highest BCUT2D eigenvalue weighted by Gasteiger charge is 2.40. The van der Waals surface area contributed by atoms with E-state index in [2.05, 4.69) is 5.32 Å². The largest absolute Gasteiger partial charge is 0.417 e. The normalized spacial score (nSPS) is 19.3. The predicted molar refractivity (Wildman–Crippen MR) is 79.9 cm³/mol. The molecule has 1 fully saturated rings. The highest BCUT2D eigenvalue weighted by molar-refractivity contribution is 7.89. The molecule has 1 aromatic rings. The van der Waals surface area contributed by atoms with E-state index in [0.29, 0.717) is 25.6 Å². The Balaban J connectivity index is 0.00000242. The first-order chi connectivity index (χ1) is 9.64. The van der Waals surface area contributed by atoms with Gasteiger partial charge in [0.25, 0.3) is 0 Å². The lowest BCUT2D eigenvalue weighted by molar-refractivity contribution is -0.139. The molecule has 0 spiro atoms. The van der Waals surface area contributed by atoms with E-state index in [4.69, 9.17) is 11.6 Å². The first-order valence-electron chi connectivity index (χ1n) is 6.19. The summed E-state index contributed by atoms with van der Waals surface area (Å²) >= 11 is 5.56. The highest BCUT2D eigenvalue weighted by atomic mass is 35.5. The van der Waals surface area contributed by atoms with E-state index in [1.165, 1.54) is 7.05 Å². The van der Waals surface area contributed by atoms with Crippen LogP contribution in [0.25, 0.3) is 0 Å². The van der Waals surface area contributed by atoms with E-state index in [-0.39, 0.29) is 23.5 Å². The van der Waals surface area contributed by atoms with Crippen LogP contribution >= 0.6 is 24.0 Å².